The van der Waals surface area contributed by atoms with E-state index in [1.54, 1.807) is 24.3 Å². The first-order valence-corrected chi connectivity index (χ1v) is 6.40. The average molecular weight is 291 g/mol. The van der Waals surface area contributed by atoms with Gasteiger partial charge < -0.3 is 15.8 Å². The standard InChI is InChI=1S/C15H15ClN2O2/c1-9-4-3-5-12(17)14(9)15(19)18-10-6-7-13(20-2)11(16)8-10/h3-8H,17H2,1-2H3,(H,18,19). The lowest BCUT2D eigenvalue weighted by molar-refractivity contribution is 0.102. The number of nitrogen functional groups attached to an aromatic ring is 1. The number of carbonyl (C=O) groups excluding carboxylic acids is 1. The number of nitrogens with two attached hydrogens (primary N) is 1. The van der Waals surface area contributed by atoms with E-state index in [0.717, 1.165) is 5.56 Å². The highest BCUT2D eigenvalue weighted by atomic mass is 35.5. The molecule has 20 heavy (non-hydrogen) atoms. The van der Waals surface area contributed by atoms with Gasteiger partial charge in [0.1, 0.15) is 5.75 Å². The van der Waals surface area contributed by atoms with Crippen LogP contribution in [0.15, 0.2) is 36.4 Å². The molecule has 104 valence electrons. The summed E-state index contributed by atoms with van der Waals surface area (Å²) in [7, 11) is 1.54. The van der Waals surface area contributed by atoms with Gasteiger partial charge in [0.25, 0.3) is 5.91 Å². The zero-order valence-corrected chi connectivity index (χ0v) is 12.0. The summed E-state index contributed by atoms with van der Waals surface area (Å²) in [6.07, 6.45) is 0. The summed E-state index contributed by atoms with van der Waals surface area (Å²) in [5.74, 6) is 0.293. The fraction of sp³-hybridized carbons (Fsp3) is 0.133. The first-order valence-electron chi connectivity index (χ1n) is 6.03. The summed E-state index contributed by atoms with van der Waals surface area (Å²) >= 11 is 6.02. The van der Waals surface area contributed by atoms with E-state index in [4.69, 9.17) is 22.1 Å². The molecule has 0 aliphatic carbocycles. The van der Waals surface area contributed by atoms with Crippen LogP contribution < -0.4 is 15.8 Å². The number of nitrogens with one attached hydrogen (secondary N) is 1. The molecule has 0 atom stereocenters. The van der Waals surface area contributed by atoms with E-state index in [1.807, 2.05) is 19.1 Å². The molecule has 0 aliphatic heterocycles. The molecule has 2 rings (SSSR count). The minimum atomic E-state index is -0.262. The lowest BCUT2D eigenvalue weighted by Crippen LogP contribution is -2.15. The number of halogens is 1. The summed E-state index contributed by atoms with van der Waals surface area (Å²) in [5.41, 5.74) is 8.17. The van der Waals surface area contributed by atoms with Crippen LogP contribution in [0.1, 0.15) is 15.9 Å². The SMILES string of the molecule is COc1ccc(NC(=O)c2c(C)cccc2N)cc1Cl. The number of amides is 1. The molecule has 4 nitrogen and oxygen atoms in total. The van der Waals surface area contributed by atoms with Gasteiger partial charge in [-0.05, 0) is 36.8 Å². The van der Waals surface area contributed by atoms with Gasteiger partial charge in [-0.25, -0.2) is 0 Å². The average Bonchev–Trinajstić information content (AvgIpc) is 2.38. The Labute approximate surface area is 122 Å². The Hall–Kier alpha value is -2.20. The summed E-state index contributed by atoms with van der Waals surface area (Å²) in [4.78, 5) is 12.3. The van der Waals surface area contributed by atoms with Gasteiger partial charge in [0.2, 0.25) is 0 Å². The topological polar surface area (TPSA) is 64.3 Å². The highest BCUT2D eigenvalue weighted by Crippen LogP contribution is 2.28. The van der Waals surface area contributed by atoms with Crippen molar-refractivity contribution in [3.05, 3.63) is 52.5 Å². The van der Waals surface area contributed by atoms with E-state index < -0.39 is 0 Å². The van der Waals surface area contributed by atoms with E-state index in [9.17, 15) is 4.79 Å². The fourth-order valence-corrected chi connectivity index (χ4v) is 2.20. The van der Waals surface area contributed by atoms with E-state index in [-0.39, 0.29) is 5.91 Å². The number of rotatable bonds is 3. The van der Waals surface area contributed by atoms with E-state index >= 15 is 0 Å². The van der Waals surface area contributed by atoms with Crippen LogP contribution in [-0.4, -0.2) is 13.0 Å². The molecule has 2 aromatic carbocycles. The predicted octanol–water partition coefficient (Wildman–Crippen LogP) is 3.49. The van der Waals surface area contributed by atoms with Gasteiger partial charge in [0, 0.05) is 11.4 Å². The Bertz CT molecular complexity index is 636. The van der Waals surface area contributed by atoms with Gasteiger partial charge in [-0.3, -0.25) is 4.79 Å². The van der Waals surface area contributed by atoms with Crippen LogP contribution in [-0.2, 0) is 0 Å². The van der Waals surface area contributed by atoms with Crippen LogP contribution in [0, 0.1) is 6.92 Å². The first-order chi connectivity index (χ1) is 9.52. The fourth-order valence-electron chi connectivity index (χ4n) is 1.94. The van der Waals surface area contributed by atoms with Gasteiger partial charge in [-0.2, -0.15) is 0 Å². The molecule has 2 aromatic rings. The highest BCUT2D eigenvalue weighted by molar-refractivity contribution is 6.32. The summed E-state index contributed by atoms with van der Waals surface area (Å²) < 4.78 is 5.06. The maximum absolute atomic E-state index is 12.3. The van der Waals surface area contributed by atoms with Crippen molar-refractivity contribution in [2.75, 3.05) is 18.2 Å². The van der Waals surface area contributed by atoms with Crippen LogP contribution in [0.2, 0.25) is 5.02 Å². The molecule has 0 saturated carbocycles. The summed E-state index contributed by atoms with van der Waals surface area (Å²) in [6, 6.07) is 10.4. The molecule has 0 unspecified atom stereocenters. The van der Waals surface area contributed by atoms with Crippen molar-refractivity contribution in [1.29, 1.82) is 0 Å². The molecular formula is C15H15ClN2O2. The van der Waals surface area contributed by atoms with Gasteiger partial charge in [-0.15, -0.1) is 0 Å². The molecule has 0 aliphatic rings. The van der Waals surface area contributed by atoms with Crippen molar-refractivity contribution in [2.24, 2.45) is 0 Å². The second-order valence-corrected chi connectivity index (χ2v) is 4.75. The molecule has 1 amide bonds. The Kier molecular flexibility index (Phi) is 4.15. The predicted molar refractivity (Wildman–Crippen MR) is 81.5 cm³/mol. The molecule has 0 saturated heterocycles. The number of hydrogen-bond donors (Lipinski definition) is 2. The van der Waals surface area contributed by atoms with Crippen molar-refractivity contribution >= 4 is 28.9 Å². The van der Waals surface area contributed by atoms with Crippen LogP contribution in [0.4, 0.5) is 11.4 Å². The number of hydrogen-bond acceptors (Lipinski definition) is 3. The van der Waals surface area contributed by atoms with Crippen molar-refractivity contribution in [1.82, 2.24) is 0 Å². The zero-order valence-electron chi connectivity index (χ0n) is 11.2. The molecule has 3 N–H and O–H groups in total. The summed E-state index contributed by atoms with van der Waals surface area (Å²) in [5, 5.41) is 3.21. The maximum atomic E-state index is 12.3. The second kappa shape index (κ2) is 5.84. The van der Waals surface area contributed by atoms with Crippen molar-refractivity contribution < 1.29 is 9.53 Å². The quantitative estimate of drug-likeness (QED) is 0.851. The van der Waals surface area contributed by atoms with E-state index in [1.165, 1.54) is 7.11 Å². The number of benzene rings is 2. The lowest BCUT2D eigenvalue weighted by Gasteiger charge is -2.11. The highest BCUT2D eigenvalue weighted by Gasteiger charge is 2.13. The number of carbonyl (C=O) groups is 1. The Morgan fingerprint density at radius 1 is 1.30 bits per heavy atom. The third-order valence-electron chi connectivity index (χ3n) is 2.94. The van der Waals surface area contributed by atoms with Gasteiger partial charge in [0.05, 0.1) is 17.7 Å². The number of anilines is 2. The molecule has 0 radical (unpaired) electrons. The summed E-state index contributed by atoms with van der Waals surface area (Å²) in [6.45, 7) is 1.84. The van der Waals surface area contributed by atoms with Crippen LogP contribution in [0.3, 0.4) is 0 Å². The molecule has 0 aromatic heterocycles. The monoisotopic (exact) mass is 290 g/mol. The second-order valence-electron chi connectivity index (χ2n) is 4.34. The number of ether oxygens (including phenoxy) is 1. The largest absolute Gasteiger partial charge is 0.495 e. The Morgan fingerprint density at radius 2 is 2.05 bits per heavy atom. The maximum Gasteiger partial charge on any atom is 0.258 e. The van der Waals surface area contributed by atoms with Gasteiger partial charge >= 0.3 is 0 Å². The first kappa shape index (κ1) is 14.2. The minimum absolute atomic E-state index is 0.262. The van der Waals surface area contributed by atoms with Crippen LogP contribution in [0.25, 0.3) is 0 Å². The van der Waals surface area contributed by atoms with Crippen molar-refractivity contribution in [2.45, 2.75) is 6.92 Å². The zero-order chi connectivity index (χ0) is 14.7. The number of methoxy groups -OCH3 is 1. The molecule has 5 heteroatoms. The normalized spacial score (nSPS) is 10.2. The minimum Gasteiger partial charge on any atom is -0.495 e. The van der Waals surface area contributed by atoms with E-state index in [0.29, 0.717) is 27.7 Å². The van der Waals surface area contributed by atoms with Gasteiger partial charge in [-0.1, -0.05) is 23.7 Å². The Balaban J connectivity index is 2.26. The Morgan fingerprint density at radius 3 is 2.65 bits per heavy atom. The smallest absolute Gasteiger partial charge is 0.258 e. The molecule has 0 spiro atoms. The van der Waals surface area contributed by atoms with Crippen molar-refractivity contribution in [3.63, 3.8) is 0 Å². The van der Waals surface area contributed by atoms with Crippen LogP contribution in [0.5, 0.6) is 5.75 Å². The molecular weight excluding hydrogens is 276 g/mol. The molecule has 0 heterocycles. The van der Waals surface area contributed by atoms with Crippen LogP contribution >= 0.6 is 11.6 Å². The van der Waals surface area contributed by atoms with E-state index in [2.05, 4.69) is 5.32 Å². The molecule has 0 bridgehead atoms. The lowest BCUT2D eigenvalue weighted by atomic mass is 10.1. The van der Waals surface area contributed by atoms with Gasteiger partial charge in [0.15, 0.2) is 0 Å². The third-order valence-corrected chi connectivity index (χ3v) is 3.24. The molecule has 0 fully saturated rings. The van der Waals surface area contributed by atoms with Crippen molar-refractivity contribution in [3.8, 4) is 5.75 Å². The third kappa shape index (κ3) is 2.86. The number of aryl methyl sites for hydroxylation is 1.